The lowest BCUT2D eigenvalue weighted by Crippen LogP contribution is -3.06. The molecular formula is C9H16N4. The summed E-state index contributed by atoms with van der Waals surface area (Å²) < 4.78 is 2.27. The highest BCUT2D eigenvalue weighted by Crippen LogP contribution is 2.13. The standard InChI is InChI=1S/C9H16N4/c1-11(2)9-10-6-8-7-12(3)4-5-13(8)9/h6,12H,3-5,7H2,1-2H3. The van der Waals surface area contributed by atoms with Crippen LogP contribution in [-0.2, 0) is 13.1 Å². The Bertz CT molecular complexity index is 303. The molecule has 0 bridgehead atoms. The molecule has 72 valence electrons. The molecule has 0 saturated carbocycles. The van der Waals surface area contributed by atoms with Crippen LogP contribution < -0.4 is 9.80 Å². The molecule has 1 aromatic heterocycles. The van der Waals surface area contributed by atoms with Crippen LogP contribution in [0.25, 0.3) is 0 Å². The van der Waals surface area contributed by atoms with Crippen LogP contribution in [-0.4, -0.2) is 30.2 Å². The Morgan fingerprint density at radius 1 is 1.62 bits per heavy atom. The summed E-state index contributed by atoms with van der Waals surface area (Å²) in [6.07, 6.45) is 1.96. The number of quaternary nitrogens is 1. The first-order valence-corrected chi connectivity index (χ1v) is 4.57. The van der Waals surface area contributed by atoms with Gasteiger partial charge in [-0.25, -0.2) is 4.98 Å². The van der Waals surface area contributed by atoms with Crippen LogP contribution in [0, 0.1) is 7.05 Å². The highest BCUT2D eigenvalue weighted by Gasteiger charge is 2.17. The van der Waals surface area contributed by atoms with Crippen molar-refractivity contribution >= 4 is 5.95 Å². The van der Waals surface area contributed by atoms with Gasteiger partial charge in [0, 0.05) is 14.1 Å². The van der Waals surface area contributed by atoms with Crippen LogP contribution in [0.2, 0.25) is 0 Å². The number of anilines is 1. The van der Waals surface area contributed by atoms with E-state index in [-0.39, 0.29) is 0 Å². The Kier molecular flexibility index (Phi) is 2.00. The van der Waals surface area contributed by atoms with Gasteiger partial charge in [-0.3, -0.25) is 0 Å². The topological polar surface area (TPSA) is 25.5 Å². The molecule has 0 saturated heterocycles. The maximum Gasteiger partial charge on any atom is 0.205 e. The van der Waals surface area contributed by atoms with E-state index in [1.54, 1.807) is 0 Å². The molecule has 1 aliphatic rings. The van der Waals surface area contributed by atoms with Gasteiger partial charge in [-0.05, 0) is 0 Å². The largest absolute Gasteiger partial charge is 0.461 e. The van der Waals surface area contributed by atoms with Crippen molar-refractivity contribution in [1.82, 2.24) is 9.55 Å². The van der Waals surface area contributed by atoms with Crippen LogP contribution in [0.4, 0.5) is 5.95 Å². The minimum Gasteiger partial charge on any atom is -0.461 e. The van der Waals surface area contributed by atoms with Gasteiger partial charge in [-0.1, -0.05) is 0 Å². The molecule has 0 spiro atoms. The minimum absolute atomic E-state index is 0.987. The second-order valence-electron chi connectivity index (χ2n) is 3.77. The van der Waals surface area contributed by atoms with Gasteiger partial charge in [0.25, 0.3) is 0 Å². The molecule has 0 radical (unpaired) electrons. The third kappa shape index (κ3) is 1.42. The van der Waals surface area contributed by atoms with Crippen molar-refractivity contribution in [3.63, 3.8) is 0 Å². The zero-order valence-corrected chi connectivity index (χ0v) is 8.25. The van der Waals surface area contributed by atoms with E-state index in [4.69, 9.17) is 0 Å². The smallest absolute Gasteiger partial charge is 0.205 e. The Balaban J connectivity index is 2.33. The quantitative estimate of drug-likeness (QED) is 0.569. The molecule has 1 aliphatic heterocycles. The average Bonchev–Trinajstić information content (AvgIpc) is 2.46. The molecule has 2 rings (SSSR count). The SMILES string of the molecule is [CH2-][NH+]1CCn2c(cnc2N(C)C)C1. The summed E-state index contributed by atoms with van der Waals surface area (Å²) in [5, 5.41) is 0. The van der Waals surface area contributed by atoms with Gasteiger partial charge in [0.1, 0.15) is 0 Å². The predicted molar refractivity (Wildman–Crippen MR) is 51.4 cm³/mol. The summed E-state index contributed by atoms with van der Waals surface area (Å²) >= 11 is 0. The first-order chi connectivity index (χ1) is 6.18. The normalized spacial score (nSPS) is 21.3. The van der Waals surface area contributed by atoms with E-state index in [9.17, 15) is 0 Å². The Morgan fingerprint density at radius 2 is 2.38 bits per heavy atom. The van der Waals surface area contributed by atoms with Crippen LogP contribution in [0.1, 0.15) is 5.69 Å². The van der Waals surface area contributed by atoms with Crippen molar-refractivity contribution in [2.24, 2.45) is 0 Å². The van der Waals surface area contributed by atoms with Gasteiger partial charge >= 0.3 is 0 Å². The number of imidazole rings is 1. The number of nitrogens with zero attached hydrogens (tertiary/aromatic N) is 3. The average molecular weight is 180 g/mol. The Hall–Kier alpha value is -1.03. The van der Waals surface area contributed by atoms with Gasteiger partial charge in [0.05, 0.1) is 31.5 Å². The molecular weight excluding hydrogens is 164 g/mol. The van der Waals surface area contributed by atoms with E-state index in [0.29, 0.717) is 0 Å². The van der Waals surface area contributed by atoms with Crippen LogP contribution in [0.5, 0.6) is 0 Å². The lowest BCUT2D eigenvalue weighted by molar-refractivity contribution is -0.872. The van der Waals surface area contributed by atoms with Crippen molar-refractivity contribution in [1.29, 1.82) is 0 Å². The highest BCUT2D eigenvalue weighted by atomic mass is 15.3. The van der Waals surface area contributed by atoms with Crippen LogP contribution >= 0.6 is 0 Å². The number of fused-ring (bicyclic) bond motifs is 1. The summed E-state index contributed by atoms with van der Waals surface area (Å²) in [5.41, 5.74) is 1.29. The fourth-order valence-corrected chi connectivity index (χ4v) is 1.76. The number of hydrogen-bond donors (Lipinski definition) is 1. The Morgan fingerprint density at radius 3 is 3.08 bits per heavy atom. The third-order valence-electron chi connectivity index (χ3n) is 2.44. The van der Waals surface area contributed by atoms with E-state index < -0.39 is 0 Å². The summed E-state index contributed by atoms with van der Waals surface area (Å²) in [4.78, 5) is 7.75. The summed E-state index contributed by atoms with van der Waals surface area (Å²) in [5.74, 6) is 1.06. The molecule has 1 aromatic rings. The lowest BCUT2D eigenvalue weighted by atomic mass is 10.3. The number of rotatable bonds is 1. The molecule has 1 unspecified atom stereocenters. The predicted octanol–water partition coefficient (Wildman–Crippen LogP) is -0.861. The van der Waals surface area contributed by atoms with E-state index >= 15 is 0 Å². The van der Waals surface area contributed by atoms with Crippen molar-refractivity contribution in [2.75, 3.05) is 25.5 Å². The lowest BCUT2D eigenvalue weighted by Gasteiger charge is -2.28. The first-order valence-electron chi connectivity index (χ1n) is 4.57. The third-order valence-corrected chi connectivity index (χ3v) is 2.44. The van der Waals surface area contributed by atoms with Crippen molar-refractivity contribution in [3.05, 3.63) is 18.9 Å². The first kappa shape index (κ1) is 8.56. The molecule has 2 heterocycles. The van der Waals surface area contributed by atoms with Crippen LogP contribution in [0.3, 0.4) is 0 Å². The van der Waals surface area contributed by atoms with Crippen molar-refractivity contribution < 1.29 is 4.90 Å². The summed E-state index contributed by atoms with van der Waals surface area (Å²) in [7, 11) is 8.07. The maximum atomic E-state index is 4.38. The fourth-order valence-electron chi connectivity index (χ4n) is 1.76. The molecule has 4 heteroatoms. The maximum absolute atomic E-state index is 4.38. The summed E-state index contributed by atoms with van der Waals surface area (Å²) in [6.45, 7) is 3.10. The molecule has 0 amide bonds. The van der Waals surface area contributed by atoms with Gasteiger partial charge in [-0.15, -0.1) is 0 Å². The van der Waals surface area contributed by atoms with E-state index in [1.165, 1.54) is 10.6 Å². The zero-order valence-electron chi connectivity index (χ0n) is 8.25. The molecule has 4 nitrogen and oxygen atoms in total. The van der Waals surface area contributed by atoms with E-state index in [1.807, 2.05) is 20.3 Å². The van der Waals surface area contributed by atoms with Gasteiger partial charge in [-0.2, -0.15) is 7.05 Å². The second kappa shape index (κ2) is 3.03. The van der Waals surface area contributed by atoms with E-state index in [0.717, 1.165) is 25.6 Å². The molecule has 1 atom stereocenters. The number of nitrogens with one attached hydrogen (secondary N) is 1. The van der Waals surface area contributed by atoms with Crippen molar-refractivity contribution in [3.8, 4) is 0 Å². The van der Waals surface area contributed by atoms with Gasteiger partial charge in [0.2, 0.25) is 5.95 Å². The molecule has 13 heavy (non-hydrogen) atoms. The highest BCUT2D eigenvalue weighted by molar-refractivity contribution is 5.31. The minimum atomic E-state index is 0.987. The fraction of sp³-hybridized carbons (Fsp3) is 0.556. The zero-order chi connectivity index (χ0) is 9.42. The van der Waals surface area contributed by atoms with Gasteiger partial charge < -0.3 is 14.4 Å². The summed E-state index contributed by atoms with van der Waals surface area (Å²) in [6, 6.07) is 0. The molecule has 0 aromatic carbocycles. The Labute approximate surface area is 78.8 Å². The molecule has 0 aliphatic carbocycles. The molecule has 0 fully saturated rings. The number of aromatic nitrogens is 2. The van der Waals surface area contributed by atoms with E-state index in [2.05, 4.69) is 21.5 Å². The number of hydrogen-bond acceptors (Lipinski definition) is 2. The monoisotopic (exact) mass is 180 g/mol. The molecule has 1 N–H and O–H groups in total. The van der Waals surface area contributed by atoms with Gasteiger partial charge in [0.15, 0.2) is 0 Å². The second-order valence-corrected chi connectivity index (χ2v) is 3.77. The van der Waals surface area contributed by atoms with Crippen molar-refractivity contribution in [2.45, 2.75) is 13.1 Å². The van der Waals surface area contributed by atoms with Crippen LogP contribution in [0.15, 0.2) is 6.20 Å².